The minimum absolute atomic E-state index is 0.0176. The molecule has 2 fully saturated rings. The van der Waals surface area contributed by atoms with Crippen molar-refractivity contribution in [2.75, 3.05) is 0 Å². The summed E-state index contributed by atoms with van der Waals surface area (Å²) in [6, 6.07) is 9.24. The van der Waals surface area contributed by atoms with Crippen molar-refractivity contribution in [2.45, 2.75) is 45.3 Å². The van der Waals surface area contributed by atoms with Crippen LogP contribution in [0.2, 0.25) is 0 Å². The van der Waals surface area contributed by atoms with Gasteiger partial charge in [-0.25, -0.2) is 0 Å². The lowest BCUT2D eigenvalue weighted by Crippen LogP contribution is -2.25. The minimum Gasteiger partial charge on any atom is -0.426 e. The standard InChI is InChI=1S/C13H14O3.C2H6/c14-13(15-10-4-2-1-3-5-10)9-6-7-11-12(8-9)16-11;1-2/h1-5,9,11-12H,6-8H2;1-2H3. The van der Waals surface area contributed by atoms with E-state index in [2.05, 4.69) is 0 Å². The number of carbonyl (C=O) groups is 1. The van der Waals surface area contributed by atoms with Crippen molar-refractivity contribution in [1.29, 1.82) is 0 Å². The largest absolute Gasteiger partial charge is 0.426 e. The van der Waals surface area contributed by atoms with E-state index >= 15 is 0 Å². The van der Waals surface area contributed by atoms with Crippen LogP contribution in [0.3, 0.4) is 0 Å². The SMILES string of the molecule is CC.O=C(Oc1ccccc1)C1CCC2OC2C1. The molecule has 0 radical (unpaired) electrons. The van der Waals surface area contributed by atoms with Crippen molar-refractivity contribution < 1.29 is 14.3 Å². The fourth-order valence-corrected chi connectivity index (χ4v) is 2.31. The molecule has 1 aromatic rings. The van der Waals surface area contributed by atoms with Crippen LogP contribution in [0.15, 0.2) is 30.3 Å². The highest BCUT2D eigenvalue weighted by Crippen LogP contribution is 2.39. The van der Waals surface area contributed by atoms with Crippen molar-refractivity contribution in [3.05, 3.63) is 30.3 Å². The topological polar surface area (TPSA) is 38.8 Å². The lowest BCUT2D eigenvalue weighted by molar-refractivity contribution is -0.139. The monoisotopic (exact) mass is 248 g/mol. The number of carbonyl (C=O) groups excluding carboxylic acids is 1. The molecule has 98 valence electrons. The number of epoxide rings is 1. The Morgan fingerprint density at radius 3 is 2.56 bits per heavy atom. The zero-order valence-corrected chi connectivity index (χ0v) is 11.0. The number of hydrogen-bond acceptors (Lipinski definition) is 3. The molecule has 1 aliphatic heterocycles. The molecular weight excluding hydrogens is 228 g/mol. The van der Waals surface area contributed by atoms with Gasteiger partial charge in [-0.05, 0) is 31.4 Å². The third kappa shape index (κ3) is 3.10. The zero-order valence-electron chi connectivity index (χ0n) is 11.0. The second-order valence-corrected chi connectivity index (χ2v) is 4.46. The number of para-hydroxylation sites is 1. The first-order chi connectivity index (χ1) is 8.83. The van der Waals surface area contributed by atoms with Crippen molar-refractivity contribution in [2.24, 2.45) is 5.92 Å². The summed E-state index contributed by atoms with van der Waals surface area (Å²) >= 11 is 0. The summed E-state index contributed by atoms with van der Waals surface area (Å²) in [4.78, 5) is 11.9. The first-order valence-electron chi connectivity index (χ1n) is 6.75. The molecule has 0 aromatic heterocycles. The lowest BCUT2D eigenvalue weighted by Gasteiger charge is -2.17. The predicted octanol–water partition coefficient (Wildman–Crippen LogP) is 3.19. The molecule has 0 spiro atoms. The molecule has 1 saturated heterocycles. The molecule has 1 heterocycles. The number of esters is 1. The maximum atomic E-state index is 11.9. The fraction of sp³-hybridized carbons (Fsp3) is 0.533. The van der Waals surface area contributed by atoms with Gasteiger partial charge in [0.15, 0.2) is 0 Å². The Bertz CT molecular complexity index is 388. The molecule has 2 aliphatic rings. The normalized spacial score (nSPS) is 28.4. The molecule has 0 N–H and O–H groups in total. The molecule has 1 aliphatic carbocycles. The average Bonchev–Trinajstić information content (AvgIpc) is 3.20. The number of fused-ring (bicyclic) bond motifs is 1. The van der Waals surface area contributed by atoms with E-state index < -0.39 is 0 Å². The van der Waals surface area contributed by atoms with E-state index in [0.717, 1.165) is 19.3 Å². The summed E-state index contributed by atoms with van der Waals surface area (Å²) in [5, 5.41) is 0. The Morgan fingerprint density at radius 2 is 1.89 bits per heavy atom. The van der Waals surface area contributed by atoms with Crippen LogP contribution in [-0.2, 0) is 9.53 Å². The molecule has 3 nitrogen and oxygen atoms in total. The minimum atomic E-state index is -0.111. The molecule has 3 rings (SSSR count). The average molecular weight is 248 g/mol. The molecule has 3 unspecified atom stereocenters. The van der Waals surface area contributed by atoms with Crippen LogP contribution in [0.25, 0.3) is 0 Å². The van der Waals surface area contributed by atoms with Gasteiger partial charge in [0.2, 0.25) is 0 Å². The van der Waals surface area contributed by atoms with Crippen molar-refractivity contribution in [1.82, 2.24) is 0 Å². The third-order valence-corrected chi connectivity index (χ3v) is 3.30. The van der Waals surface area contributed by atoms with E-state index in [1.54, 1.807) is 12.1 Å². The number of ether oxygens (including phenoxy) is 2. The van der Waals surface area contributed by atoms with Crippen LogP contribution in [-0.4, -0.2) is 18.2 Å². The maximum absolute atomic E-state index is 11.9. The van der Waals surface area contributed by atoms with E-state index in [1.165, 1.54) is 0 Å². The Balaban J connectivity index is 0.000000574. The van der Waals surface area contributed by atoms with Crippen LogP contribution in [0.4, 0.5) is 0 Å². The summed E-state index contributed by atoms with van der Waals surface area (Å²) in [6.07, 6.45) is 3.48. The number of rotatable bonds is 2. The molecule has 1 saturated carbocycles. The lowest BCUT2D eigenvalue weighted by atomic mass is 9.89. The van der Waals surface area contributed by atoms with E-state index in [4.69, 9.17) is 9.47 Å². The van der Waals surface area contributed by atoms with E-state index in [-0.39, 0.29) is 11.9 Å². The number of hydrogen-bond donors (Lipinski definition) is 0. The van der Waals surface area contributed by atoms with Gasteiger partial charge in [-0.1, -0.05) is 32.0 Å². The van der Waals surface area contributed by atoms with Gasteiger partial charge in [-0.2, -0.15) is 0 Å². The second kappa shape index (κ2) is 6.01. The molecular formula is C15H20O3. The van der Waals surface area contributed by atoms with Gasteiger partial charge in [-0.15, -0.1) is 0 Å². The van der Waals surface area contributed by atoms with Crippen LogP contribution >= 0.6 is 0 Å². The van der Waals surface area contributed by atoms with Gasteiger partial charge in [0, 0.05) is 0 Å². The highest BCUT2D eigenvalue weighted by Gasteiger charge is 2.46. The maximum Gasteiger partial charge on any atom is 0.314 e. The van der Waals surface area contributed by atoms with Gasteiger partial charge < -0.3 is 9.47 Å². The van der Waals surface area contributed by atoms with E-state index in [1.807, 2.05) is 32.0 Å². The predicted molar refractivity (Wildman–Crippen MR) is 69.4 cm³/mol. The highest BCUT2D eigenvalue weighted by atomic mass is 16.6. The zero-order chi connectivity index (χ0) is 13.0. The molecule has 3 heteroatoms. The first kappa shape index (κ1) is 13.1. The van der Waals surface area contributed by atoms with Gasteiger partial charge in [0.05, 0.1) is 18.1 Å². The van der Waals surface area contributed by atoms with Crippen LogP contribution < -0.4 is 4.74 Å². The van der Waals surface area contributed by atoms with Gasteiger partial charge >= 0.3 is 5.97 Å². The molecule has 0 amide bonds. The highest BCUT2D eigenvalue weighted by molar-refractivity contribution is 5.75. The van der Waals surface area contributed by atoms with E-state index in [9.17, 15) is 4.79 Å². The third-order valence-electron chi connectivity index (χ3n) is 3.30. The summed E-state index contributed by atoms with van der Waals surface area (Å²) in [5.41, 5.74) is 0. The Hall–Kier alpha value is -1.35. The van der Waals surface area contributed by atoms with Crippen LogP contribution in [0, 0.1) is 5.92 Å². The van der Waals surface area contributed by atoms with Gasteiger partial charge in [0.25, 0.3) is 0 Å². The first-order valence-corrected chi connectivity index (χ1v) is 6.75. The summed E-state index contributed by atoms with van der Waals surface area (Å²) in [7, 11) is 0. The van der Waals surface area contributed by atoms with E-state index in [0.29, 0.717) is 18.0 Å². The Labute approximate surface area is 108 Å². The summed E-state index contributed by atoms with van der Waals surface area (Å²) in [6.45, 7) is 4.00. The Kier molecular flexibility index (Phi) is 4.37. The molecule has 0 bridgehead atoms. The second-order valence-electron chi connectivity index (χ2n) is 4.46. The molecule has 1 aromatic carbocycles. The Morgan fingerprint density at radius 1 is 1.17 bits per heavy atom. The van der Waals surface area contributed by atoms with Crippen LogP contribution in [0.1, 0.15) is 33.1 Å². The summed E-state index contributed by atoms with van der Waals surface area (Å²) < 4.78 is 10.7. The number of benzene rings is 1. The van der Waals surface area contributed by atoms with Gasteiger partial charge in [-0.3, -0.25) is 4.79 Å². The van der Waals surface area contributed by atoms with Crippen molar-refractivity contribution >= 4 is 5.97 Å². The fourth-order valence-electron chi connectivity index (χ4n) is 2.31. The smallest absolute Gasteiger partial charge is 0.314 e. The van der Waals surface area contributed by atoms with Gasteiger partial charge in [0.1, 0.15) is 5.75 Å². The molecule has 3 atom stereocenters. The van der Waals surface area contributed by atoms with Crippen molar-refractivity contribution in [3.63, 3.8) is 0 Å². The van der Waals surface area contributed by atoms with Crippen LogP contribution in [0.5, 0.6) is 5.75 Å². The van der Waals surface area contributed by atoms with Crippen molar-refractivity contribution in [3.8, 4) is 5.75 Å². The summed E-state index contributed by atoms with van der Waals surface area (Å²) in [5.74, 6) is 0.537. The quantitative estimate of drug-likeness (QED) is 0.458. The molecule has 18 heavy (non-hydrogen) atoms.